The molecule has 5 nitrogen and oxygen atoms in total. The molecule has 4 bridgehead atoms. The summed E-state index contributed by atoms with van der Waals surface area (Å²) in [5.41, 5.74) is 0.234. The Morgan fingerprint density at radius 2 is 2.00 bits per heavy atom. The molecule has 6 heteroatoms. The largest absolute Gasteiger partial charge is 0.492 e. The number of hydrogen-bond donors (Lipinski definition) is 1. The quantitative estimate of drug-likeness (QED) is 0.735. The highest BCUT2D eigenvalue weighted by Crippen LogP contribution is 2.63. The monoisotopic (exact) mass is 428 g/mol. The minimum atomic E-state index is -0.525. The normalized spacial score (nSPS) is 38.4. The first-order chi connectivity index (χ1) is 14.4. The number of carbonyl (C=O) groups excluding carboxylic acids is 1. The molecular formula is C24H32N2O3S. The Morgan fingerprint density at radius 3 is 2.70 bits per heavy atom. The van der Waals surface area contributed by atoms with Crippen LogP contribution in [0.1, 0.15) is 58.8 Å². The fraction of sp³-hybridized carbons (Fsp3) is 0.667. The van der Waals surface area contributed by atoms with Gasteiger partial charge in [0.25, 0.3) is 0 Å². The molecule has 6 rings (SSSR count). The zero-order chi connectivity index (χ0) is 20.9. The zero-order valence-corrected chi connectivity index (χ0v) is 18.8. The highest BCUT2D eigenvalue weighted by atomic mass is 32.2. The van der Waals surface area contributed by atoms with E-state index in [1.165, 1.54) is 6.42 Å². The van der Waals surface area contributed by atoms with E-state index in [9.17, 15) is 9.90 Å². The van der Waals surface area contributed by atoms with E-state index >= 15 is 0 Å². The van der Waals surface area contributed by atoms with E-state index in [-0.39, 0.29) is 17.4 Å². The number of aliphatic hydroxyl groups is 1. The van der Waals surface area contributed by atoms with Crippen molar-refractivity contribution in [2.24, 2.45) is 22.2 Å². The first-order valence-corrected chi connectivity index (χ1v) is 12.3. The molecule has 1 saturated heterocycles. The van der Waals surface area contributed by atoms with Crippen molar-refractivity contribution in [3.63, 3.8) is 0 Å². The molecular weight excluding hydrogens is 396 g/mol. The van der Waals surface area contributed by atoms with Gasteiger partial charge in [-0.2, -0.15) is 0 Å². The fourth-order valence-electron chi connectivity index (χ4n) is 6.91. The van der Waals surface area contributed by atoms with Crippen LogP contribution < -0.4 is 4.74 Å². The maximum atomic E-state index is 13.6. The molecule has 1 heterocycles. The Balaban J connectivity index is 1.38. The molecule has 30 heavy (non-hydrogen) atoms. The molecule has 1 aliphatic heterocycles. The number of aliphatic imine (C=N–C) groups is 1. The van der Waals surface area contributed by atoms with Crippen LogP contribution in [0.2, 0.25) is 0 Å². The Morgan fingerprint density at radius 1 is 1.27 bits per heavy atom. The van der Waals surface area contributed by atoms with Crippen LogP contribution in [0.15, 0.2) is 29.3 Å². The van der Waals surface area contributed by atoms with Crippen molar-refractivity contribution in [3.8, 4) is 5.75 Å². The van der Waals surface area contributed by atoms with Gasteiger partial charge < -0.3 is 9.84 Å². The van der Waals surface area contributed by atoms with Gasteiger partial charge in [0.05, 0.1) is 12.2 Å². The Bertz CT molecular complexity index is 856. The van der Waals surface area contributed by atoms with E-state index < -0.39 is 5.60 Å². The van der Waals surface area contributed by atoms with Crippen LogP contribution in [0.25, 0.3) is 0 Å². The van der Waals surface area contributed by atoms with Gasteiger partial charge in [-0.25, -0.2) is 4.99 Å². The van der Waals surface area contributed by atoms with Crippen LogP contribution in [0.5, 0.6) is 5.75 Å². The first kappa shape index (κ1) is 20.4. The Labute approximate surface area is 183 Å². The number of hydrogen-bond acceptors (Lipinski definition) is 5. The van der Waals surface area contributed by atoms with Gasteiger partial charge in [0, 0.05) is 18.2 Å². The summed E-state index contributed by atoms with van der Waals surface area (Å²) in [7, 11) is 0. The highest BCUT2D eigenvalue weighted by Gasteiger charge is 2.58. The second-order valence-corrected chi connectivity index (χ2v) is 11.1. The van der Waals surface area contributed by atoms with Crippen LogP contribution in [0.4, 0.5) is 5.69 Å². The second-order valence-electron chi connectivity index (χ2n) is 10.1. The number of amidine groups is 1. The van der Waals surface area contributed by atoms with Gasteiger partial charge in [-0.1, -0.05) is 23.9 Å². The zero-order valence-electron chi connectivity index (χ0n) is 18.0. The summed E-state index contributed by atoms with van der Waals surface area (Å²) < 4.78 is 5.72. The van der Waals surface area contributed by atoms with E-state index in [1.807, 2.05) is 36.1 Å². The number of para-hydroxylation sites is 2. The van der Waals surface area contributed by atoms with Gasteiger partial charge in [-0.3, -0.25) is 9.69 Å². The van der Waals surface area contributed by atoms with E-state index in [2.05, 4.69) is 6.92 Å². The number of benzene rings is 1. The Kier molecular flexibility index (Phi) is 5.13. The van der Waals surface area contributed by atoms with Crippen molar-refractivity contribution in [1.82, 2.24) is 4.90 Å². The number of carbonyl (C=O) groups is 1. The maximum Gasteiger partial charge on any atom is 0.229 e. The standard InChI is InChI=1S/C24H32N2O3S/c1-3-29-20-7-5-4-6-19(20)25-22-26(16(2)14-30-22)21(27)13-23-9-17-8-18(10-23)12-24(28,11-17)15-23/h4-7,16-18,28H,3,8-15H2,1-2H3. The summed E-state index contributed by atoms with van der Waals surface area (Å²) in [5.74, 6) is 2.99. The molecule has 1 amide bonds. The smallest absolute Gasteiger partial charge is 0.229 e. The number of thioether (sulfide) groups is 1. The maximum absolute atomic E-state index is 13.6. The van der Waals surface area contributed by atoms with Crippen molar-refractivity contribution in [2.45, 2.75) is 70.4 Å². The summed E-state index contributed by atoms with van der Waals surface area (Å²) in [5, 5.41) is 11.8. The molecule has 1 aromatic rings. The predicted molar refractivity (Wildman–Crippen MR) is 120 cm³/mol. The highest BCUT2D eigenvalue weighted by molar-refractivity contribution is 8.14. The first-order valence-electron chi connectivity index (χ1n) is 11.4. The van der Waals surface area contributed by atoms with Crippen LogP contribution in [0.3, 0.4) is 0 Å². The lowest BCUT2D eigenvalue weighted by atomic mass is 9.47. The van der Waals surface area contributed by atoms with E-state index in [1.54, 1.807) is 11.8 Å². The minimum Gasteiger partial charge on any atom is -0.492 e. The summed E-state index contributed by atoms with van der Waals surface area (Å²) in [6, 6.07) is 7.90. The molecule has 4 aliphatic carbocycles. The molecule has 0 aromatic heterocycles. The minimum absolute atomic E-state index is 0.0166. The van der Waals surface area contributed by atoms with Crippen LogP contribution in [-0.2, 0) is 4.79 Å². The van der Waals surface area contributed by atoms with Crippen molar-refractivity contribution >= 4 is 28.5 Å². The average molecular weight is 429 g/mol. The molecule has 5 aliphatic rings. The molecule has 162 valence electrons. The number of amides is 1. The molecule has 1 N–H and O–H groups in total. The molecule has 0 radical (unpaired) electrons. The van der Waals surface area contributed by atoms with Crippen LogP contribution in [-0.4, -0.2) is 45.1 Å². The van der Waals surface area contributed by atoms with Gasteiger partial charge in [0.2, 0.25) is 5.91 Å². The van der Waals surface area contributed by atoms with Crippen molar-refractivity contribution in [1.29, 1.82) is 0 Å². The molecule has 1 aromatic carbocycles. The van der Waals surface area contributed by atoms with Gasteiger partial charge in [-0.15, -0.1) is 0 Å². The third kappa shape index (κ3) is 3.66. The summed E-state index contributed by atoms with van der Waals surface area (Å²) in [6.45, 7) is 4.66. The number of nitrogens with zero attached hydrogens (tertiary/aromatic N) is 2. The fourth-order valence-corrected chi connectivity index (χ4v) is 8.03. The van der Waals surface area contributed by atoms with E-state index in [0.29, 0.717) is 24.9 Å². The van der Waals surface area contributed by atoms with Crippen molar-refractivity contribution in [2.75, 3.05) is 12.4 Å². The van der Waals surface area contributed by atoms with Crippen molar-refractivity contribution in [3.05, 3.63) is 24.3 Å². The molecule has 5 fully saturated rings. The Hall–Kier alpha value is -1.53. The average Bonchev–Trinajstić information content (AvgIpc) is 3.01. The van der Waals surface area contributed by atoms with E-state index in [0.717, 1.165) is 54.5 Å². The summed E-state index contributed by atoms with van der Waals surface area (Å²) in [6.07, 6.45) is 6.67. The van der Waals surface area contributed by atoms with E-state index in [4.69, 9.17) is 9.73 Å². The summed E-state index contributed by atoms with van der Waals surface area (Å²) in [4.78, 5) is 20.3. The lowest BCUT2D eigenvalue weighted by Crippen LogP contribution is -2.57. The molecule has 3 unspecified atom stereocenters. The lowest BCUT2D eigenvalue weighted by molar-refractivity contribution is -0.171. The van der Waals surface area contributed by atoms with Crippen molar-refractivity contribution < 1.29 is 14.6 Å². The van der Waals surface area contributed by atoms with Gasteiger partial charge in [0.15, 0.2) is 5.17 Å². The lowest BCUT2D eigenvalue weighted by Gasteiger charge is -2.60. The third-order valence-corrected chi connectivity index (χ3v) is 8.62. The number of rotatable bonds is 5. The summed E-state index contributed by atoms with van der Waals surface area (Å²) >= 11 is 1.65. The number of ether oxygens (including phenoxy) is 1. The van der Waals surface area contributed by atoms with Gasteiger partial charge in [0.1, 0.15) is 11.4 Å². The molecule has 0 spiro atoms. The van der Waals surface area contributed by atoms with Gasteiger partial charge >= 0.3 is 0 Å². The second kappa shape index (κ2) is 7.56. The SMILES string of the molecule is CCOc1ccccc1N=C1SCC(C)N1C(=O)CC12CC3CC(CC(O)(C3)C1)C2. The molecule has 3 atom stereocenters. The van der Waals surface area contributed by atoms with Crippen LogP contribution >= 0.6 is 11.8 Å². The molecule has 4 saturated carbocycles. The topological polar surface area (TPSA) is 62.1 Å². The van der Waals surface area contributed by atoms with Crippen LogP contribution in [0, 0.1) is 17.3 Å². The third-order valence-electron chi connectivity index (χ3n) is 7.43. The van der Waals surface area contributed by atoms with Gasteiger partial charge in [-0.05, 0) is 81.8 Å². The predicted octanol–water partition coefficient (Wildman–Crippen LogP) is 4.76.